The van der Waals surface area contributed by atoms with E-state index >= 15 is 0 Å². The predicted octanol–water partition coefficient (Wildman–Crippen LogP) is 3.43. The number of hydrogen-bond acceptors (Lipinski definition) is 2. The zero-order valence-corrected chi connectivity index (χ0v) is 12.3. The number of halogens is 1. The number of aromatic amines is 1. The van der Waals surface area contributed by atoms with Crippen LogP contribution in [0.4, 0.5) is 10.1 Å². The molecule has 3 heterocycles. The highest BCUT2D eigenvalue weighted by Gasteiger charge is 2.38. The van der Waals surface area contributed by atoms with Crippen LogP contribution in [0.1, 0.15) is 27.8 Å². The number of nitrogens with one attached hydrogen (secondary N) is 2. The lowest BCUT2D eigenvalue weighted by molar-refractivity contribution is 0.0666. The quantitative estimate of drug-likeness (QED) is 0.668. The van der Waals surface area contributed by atoms with Gasteiger partial charge in [0.05, 0.1) is 11.3 Å². The molecule has 0 saturated heterocycles. The molecule has 0 bridgehead atoms. The third-order valence-electron chi connectivity index (χ3n) is 4.80. The zero-order valence-electron chi connectivity index (χ0n) is 12.3. The first-order valence-electron chi connectivity index (χ1n) is 7.69. The summed E-state index contributed by atoms with van der Waals surface area (Å²) in [5, 5.41) is 4.59. The van der Waals surface area contributed by atoms with Crippen LogP contribution in [0.15, 0.2) is 42.5 Å². The number of nitrogens with zero attached hydrogens (tertiary/aromatic N) is 1. The summed E-state index contributed by atoms with van der Waals surface area (Å²) in [5.74, 6) is -0.506. The van der Waals surface area contributed by atoms with Crippen molar-refractivity contribution in [3.05, 3.63) is 65.1 Å². The third kappa shape index (κ3) is 1.67. The Morgan fingerprint density at radius 3 is 2.96 bits per heavy atom. The summed E-state index contributed by atoms with van der Waals surface area (Å²) >= 11 is 0. The molecular formula is C18H14FN3O. The Morgan fingerprint density at radius 2 is 2.04 bits per heavy atom. The van der Waals surface area contributed by atoms with Crippen LogP contribution in [0.3, 0.4) is 0 Å². The average Bonchev–Trinajstić information content (AvgIpc) is 2.95. The lowest BCUT2D eigenvalue weighted by Gasteiger charge is -2.40. The molecule has 0 saturated carbocycles. The first kappa shape index (κ1) is 12.7. The SMILES string of the molecule is O=C1c2cc(F)ccc2NC2c3[nH]c4ccccc4c3CCN12. The number of fused-ring (bicyclic) bond motifs is 6. The number of anilines is 1. The Kier molecular flexibility index (Phi) is 2.40. The minimum atomic E-state index is -0.388. The molecule has 5 heteroatoms. The Morgan fingerprint density at radius 1 is 1.17 bits per heavy atom. The van der Waals surface area contributed by atoms with Gasteiger partial charge in [-0.1, -0.05) is 18.2 Å². The molecule has 5 rings (SSSR count). The van der Waals surface area contributed by atoms with Crippen molar-refractivity contribution >= 4 is 22.5 Å². The minimum absolute atomic E-state index is 0.118. The second-order valence-corrected chi connectivity index (χ2v) is 6.05. The summed E-state index contributed by atoms with van der Waals surface area (Å²) in [7, 11) is 0. The predicted molar refractivity (Wildman–Crippen MR) is 85.8 cm³/mol. The topological polar surface area (TPSA) is 48.1 Å². The molecular weight excluding hydrogens is 293 g/mol. The second-order valence-electron chi connectivity index (χ2n) is 6.05. The number of rotatable bonds is 0. The van der Waals surface area contributed by atoms with E-state index in [0.717, 1.165) is 17.6 Å². The van der Waals surface area contributed by atoms with Crippen LogP contribution in [0.2, 0.25) is 0 Å². The van der Waals surface area contributed by atoms with Gasteiger partial charge in [0, 0.05) is 23.1 Å². The molecule has 0 radical (unpaired) electrons. The van der Waals surface area contributed by atoms with E-state index in [4.69, 9.17) is 0 Å². The third-order valence-corrected chi connectivity index (χ3v) is 4.80. The molecule has 2 aliphatic rings. The summed E-state index contributed by atoms with van der Waals surface area (Å²) in [4.78, 5) is 18.0. The fourth-order valence-corrected chi connectivity index (χ4v) is 3.73. The number of aromatic nitrogens is 1. The van der Waals surface area contributed by atoms with Gasteiger partial charge in [-0.2, -0.15) is 0 Å². The fourth-order valence-electron chi connectivity index (χ4n) is 3.73. The highest BCUT2D eigenvalue weighted by atomic mass is 19.1. The van der Waals surface area contributed by atoms with E-state index in [0.29, 0.717) is 17.8 Å². The molecule has 4 nitrogen and oxygen atoms in total. The average molecular weight is 307 g/mol. The molecule has 1 aromatic heterocycles. The van der Waals surface area contributed by atoms with E-state index in [2.05, 4.69) is 16.4 Å². The van der Waals surface area contributed by atoms with Crippen molar-refractivity contribution in [3.63, 3.8) is 0 Å². The van der Waals surface area contributed by atoms with Gasteiger partial charge in [-0.3, -0.25) is 4.79 Å². The molecule has 2 aliphatic heterocycles. The Balaban J connectivity index is 1.69. The number of carbonyl (C=O) groups excluding carboxylic acids is 1. The van der Waals surface area contributed by atoms with Crippen LogP contribution in [0.5, 0.6) is 0 Å². The highest BCUT2D eigenvalue weighted by molar-refractivity contribution is 6.02. The van der Waals surface area contributed by atoms with Crippen molar-refractivity contribution in [3.8, 4) is 0 Å². The summed E-state index contributed by atoms with van der Waals surface area (Å²) in [6.07, 6.45) is 0.574. The maximum Gasteiger partial charge on any atom is 0.258 e. The molecule has 23 heavy (non-hydrogen) atoms. The van der Waals surface area contributed by atoms with Crippen molar-refractivity contribution in [2.24, 2.45) is 0 Å². The van der Waals surface area contributed by atoms with Gasteiger partial charge in [0.25, 0.3) is 5.91 Å². The summed E-state index contributed by atoms with van der Waals surface area (Å²) in [5.41, 5.74) is 4.46. The van der Waals surface area contributed by atoms with Crippen LogP contribution in [-0.4, -0.2) is 22.3 Å². The Hall–Kier alpha value is -2.82. The lowest BCUT2D eigenvalue weighted by Crippen LogP contribution is -2.46. The first-order chi connectivity index (χ1) is 11.2. The number of benzene rings is 2. The van der Waals surface area contributed by atoms with Gasteiger partial charge in [0.15, 0.2) is 0 Å². The Labute approximate surface area is 131 Å². The molecule has 2 aromatic carbocycles. The van der Waals surface area contributed by atoms with Crippen LogP contribution >= 0.6 is 0 Å². The van der Waals surface area contributed by atoms with Crippen LogP contribution in [-0.2, 0) is 6.42 Å². The number of para-hydroxylation sites is 1. The van der Waals surface area contributed by atoms with Gasteiger partial charge in [-0.25, -0.2) is 4.39 Å². The van der Waals surface area contributed by atoms with Gasteiger partial charge in [-0.15, -0.1) is 0 Å². The maximum atomic E-state index is 13.5. The van der Waals surface area contributed by atoms with Crippen LogP contribution in [0.25, 0.3) is 10.9 Å². The van der Waals surface area contributed by atoms with Crippen molar-refractivity contribution < 1.29 is 9.18 Å². The summed E-state index contributed by atoms with van der Waals surface area (Å²) in [6, 6.07) is 12.5. The monoisotopic (exact) mass is 307 g/mol. The van der Waals surface area contributed by atoms with E-state index in [1.54, 1.807) is 11.0 Å². The molecule has 114 valence electrons. The van der Waals surface area contributed by atoms with Gasteiger partial charge >= 0.3 is 0 Å². The van der Waals surface area contributed by atoms with Crippen molar-refractivity contribution in [1.82, 2.24) is 9.88 Å². The number of carbonyl (C=O) groups is 1. The number of H-pyrrole nitrogens is 1. The highest BCUT2D eigenvalue weighted by Crippen LogP contribution is 2.39. The smallest absolute Gasteiger partial charge is 0.258 e. The number of amides is 1. The van der Waals surface area contributed by atoms with Gasteiger partial charge in [0.2, 0.25) is 0 Å². The van der Waals surface area contributed by atoms with E-state index in [9.17, 15) is 9.18 Å². The fraction of sp³-hybridized carbons (Fsp3) is 0.167. The van der Waals surface area contributed by atoms with Gasteiger partial charge in [-0.05, 0) is 36.2 Å². The minimum Gasteiger partial charge on any atom is -0.360 e. The van der Waals surface area contributed by atoms with Crippen molar-refractivity contribution in [1.29, 1.82) is 0 Å². The Bertz CT molecular complexity index is 962. The van der Waals surface area contributed by atoms with E-state index in [1.807, 2.05) is 18.2 Å². The molecule has 1 unspecified atom stereocenters. The summed E-state index contributed by atoms with van der Waals surface area (Å²) in [6.45, 7) is 0.626. The molecule has 1 amide bonds. The van der Waals surface area contributed by atoms with Crippen LogP contribution in [0, 0.1) is 5.82 Å². The van der Waals surface area contributed by atoms with E-state index in [1.165, 1.54) is 23.1 Å². The molecule has 1 atom stereocenters. The van der Waals surface area contributed by atoms with Crippen molar-refractivity contribution in [2.75, 3.05) is 11.9 Å². The second kappa shape index (κ2) is 4.35. The maximum absolute atomic E-state index is 13.5. The molecule has 3 aromatic rings. The summed E-state index contributed by atoms with van der Waals surface area (Å²) < 4.78 is 13.5. The van der Waals surface area contributed by atoms with Crippen LogP contribution < -0.4 is 5.32 Å². The molecule has 0 spiro atoms. The first-order valence-corrected chi connectivity index (χ1v) is 7.69. The van der Waals surface area contributed by atoms with E-state index in [-0.39, 0.29) is 17.9 Å². The standard InChI is InChI=1S/C18H14FN3O/c19-10-5-6-15-13(9-10)18(23)22-8-7-12-11-3-1-2-4-14(11)20-16(12)17(22)21-15/h1-6,9,17,20-21H,7-8H2. The molecule has 0 fully saturated rings. The van der Waals surface area contributed by atoms with E-state index < -0.39 is 0 Å². The molecule has 0 aliphatic carbocycles. The lowest BCUT2D eigenvalue weighted by atomic mass is 9.97. The van der Waals surface area contributed by atoms with Gasteiger partial charge < -0.3 is 15.2 Å². The normalized spacial score (nSPS) is 19.1. The van der Waals surface area contributed by atoms with Gasteiger partial charge in [0.1, 0.15) is 12.0 Å². The number of hydrogen-bond donors (Lipinski definition) is 2. The van der Waals surface area contributed by atoms with Crippen molar-refractivity contribution in [2.45, 2.75) is 12.6 Å². The zero-order chi connectivity index (χ0) is 15.6. The molecule has 2 N–H and O–H groups in total. The largest absolute Gasteiger partial charge is 0.360 e.